The molecular weight excluding hydrogens is 422 g/mol. The maximum atomic E-state index is 13.0. The van der Waals surface area contributed by atoms with Gasteiger partial charge in [0.15, 0.2) is 0 Å². The summed E-state index contributed by atoms with van der Waals surface area (Å²) in [4.78, 5) is 31.3. The SMILES string of the molecule is Cc1cccc(NC(=O)CN(CC2CCCO2)C(=O)c2cncc(Br)c2)c1C. The van der Waals surface area contributed by atoms with E-state index in [1.165, 1.54) is 6.20 Å². The summed E-state index contributed by atoms with van der Waals surface area (Å²) in [6, 6.07) is 7.48. The highest BCUT2D eigenvalue weighted by atomic mass is 79.9. The molecule has 2 amide bonds. The number of rotatable bonds is 6. The fourth-order valence-corrected chi connectivity index (χ4v) is 3.58. The van der Waals surface area contributed by atoms with Gasteiger partial charge in [0.2, 0.25) is 5.91 Å². The molecule has 0 saturated carbocycles. The van der Waals surface area contributed by atoms with Gasteiger partial charge in [0.1, 0.15) is 6.54 Å². The van der Waals surface area contributed by atoms with Gasteiger partial charge in [-0.3, -0.25) is 14.6 Å². The maximum Gasteiger partial charge on any atom is 0.256 e. The van der Waals surface area contributed by atoms with Crippen LogP contribution in [-0.2, 0) is 9.53 Å². The van der Waals surface area contributed by atoms with E-state index in [1.54, 1.807) is 17.2 Å². The molecule has 3 rings (SSSR count). The Kier molecular flexibility index (Phi) is 6.80. The standard InChI is InChI=1S/C21H24BrN3O3/c1-14-5-3-7-19(15(14)2)24-20(26)13-25(12-18-6-4-8-28-18)21(27)16-9-17(22)11-23-10-16/h3,5,7,9-11,18H,4,6,8,12-13H2,1-2H3,(H,24,26). The Balaban J connectivity index is 1.75. The molecule has 7 heteroatoms. The van der Waals surface area contributed by atoms with Gasteiger partial charge in [0.05, 0.1) is 11.7 Å². The number of carbonyl (C=O) groups excluding carboxylic acids is 2. The first kappa shape index (κ1) is 20.5. The minimum absolute atomic E-state index is 0.0431. The van der Waals surface area contributed by atoms with Crippen molar-refractivity contribution >= 4 is 33.4 Å². The van der Waals surface area contributed by atoms with Crippen LogP contribution < -0.4 is 5.32 Å². The topological polar surface area (TPSA) is 71.5 Å². The minimum atomic E-state index is -0.236. The van der Waals surface area contributed by atoms with Crippen LogP contribution in [0.1, 0.15) is 34.3 Å². The predicted molar refractivity (Wildman–Crippen MR) is 111 cm³/mol. The van der Waals surface area contributed by atoms with Gasteiger partial charge in [0.25, 0.3) is 5.91 Å². The van der Waals surface area contributed by atoms with Crippen molar-refractivity contribution in [2.24, 2.45) is 0 Å². The predicted octanol–water partition coefficient (Wildman–Crippen LogP) is 3.72. The number of amides is 2. The van der Waals surface area contributed by atoms with Crippen molar-refractivity contribution in [1.29, 1.82) is 0 Å². The van der Waals surface area contributed by atoms with E-state index >= 15 is 0 Å². The van der Waals surface area contributed by atoms with Crippen molar-refractivity contribution in [3.05, 3.63) is 57.8 Å². The van der Waals surface area contributed by atoms with Crippen LogP contribution in [0.5, 0.6) is 0 Å². The molecule has 1 unspecified atom stereocenters. The molecule has 1 aromatic heterocycles. The summed E-state index contributed by atoms with van der Waals surface area (Å²) in [7, 11) is 0. The second kappa shape index (κ2) is 9.30. The Bertz CT molecular complexity index is 866. The summed E-state index contributed by atoms with van der Waals surface area (Å²) >= 11 is 3.34. The number of pyridine rings is 1. The van der Waals surface area contributed by atoms with Crippen molar-refractivity contribution in [2.45, 2.75) is 32.8 Å². The number of benzene rings is 1. The van der Waals surface area contributed by atoms with Gasteiger partial charge in [-0.1, -0.05) is 12.1 Å². The zero-order valence-electron chi connectivity index (χ0n) is 16.1. The van der Waals surface area contributed by atoms with Gasteiger partial charge in [-0.05, 0) is 65.9 Å². The first-order valence-corrected chi connectivity index (χ1v) is 10.1. The number of hydrogen-bond donors (Lipinski definition) is 1. The molecule has 1 fully saturated rings. The smallest absolute Gasteiger partial charge is 0.256 e. The summed E-state index contributed by atoms with van der Waals surface area (Å²) in [6.07, 6.45) is 4.95. The highest BCUT2D eigenvalue weighted by Gasteiger charge is 2.25. The van der Waals surface area contributed by atoms with E-state index in [0.29, 0.717) is 18.7 Å². The molecule has 1 saturated heterocycles. The molecule has 0 aliphatic carbocycles. The molecule has 0 radical (unpaired) electrons. The van der Waals surface area contributed by atoms with E-state index in [1.807, 2.05) is 32.0 Å². The minimum Gasteiger partial charge on any atom is -0.376 e. The van der Waals surface area contributed by atoms with Gasteiger partial charge < -0.3 is 15.0 Å². The largest absolute Gasteiger partial charge is 0.376 e. The van der Waals surface area contributed by atoms with E-state index in [9.17, 15) is 9.59 Å². The number of anilines is 1. The van der Waals surface area contributed by atoms with Crippen molar-refractivity contribution in [2.75, 3.05) is 25.0 Å². The van der Waals surface area contributed by atoms with Gasteiger partial charge >= 0.3 is 0 Å². The number of ether oxygens (including phenoxy) is 1. The Hall–Kier alpha value is -2.25. The molecule has 2 heterocycles. The van der Waals surface area contributed by atoms with Crippen LogP contribution in [0, 0.1) is 13.8 Å². The number of aromatic nitrogens is 1. The maximum absolute atomic E-state index is 13.0. The number of hydrogen-bond acceptors (Lipinski definition) is 4. The number of nitrogens with zero attached hydrogens (tertiary/aromatic N) is 2. The lowest BCUT2D eigenvalue weighted by molar-refractivity contribution is -0.117. The number of halogens is 1. The first-order valence-electron chi connectivity index (χ1n) is 9.31. The van der Waals surface area contributed by atoms with Crippen LogP contribution in [0.2, 0.25) is 0 Å². The van der Waals surface area contributed by atoms with Gasteiger partial charge in [0, 0.05) is 35.7 Å². The third-order valence-corrected chi connectivity index (χ3v) is 5.33. The van der Waals surface area contributed by atoms with E-state index in [0.717, 1.165) is 34.1 Å². The van der Waals surface area contributed by atoms with E-state index in [2.05, 4.69) is 26.2 Å². The van der Waals surface area contributed by atoms with Gasteiger partial charge in [-0.15, -0.1) is 0 Å². The molecule has 1 atom stereocenters. The molecular formula is C21H24BrN3O3. The van der Waals surface area contributed by atoms with Crippen LogP contribution in [0.25, 0.3) is 0 Å². The molecule has 0 spiro atoms. The molecule has 6 nitrogen and oxygen atoms in total. The Labute approximate surface area is 173 Å². The monoisotopic (exact) mass is 445 g/mol. The summed E-state index contributed by atoms with van der Waals surface area (Å²) in [5, 5.41) is 2.93. The molecule has 2 aromatic rings. The third kappa shape index (κ3) is 5.17. The molecule has 0 bridgehead atoms. The zero-order valence-corrected chi connectivity index (χ0v) is 17.7. The number of nitrogens with one attached hydrogen (secondary N) is 1. The summed E-state index contributed by atoms with van der Waals surface area (Å²) < 4.78 is 6.40. The molecule has 1 aromatic carbocycles. The van der Waals surface area contributed by atoms with Crippen LogP contribution in [0.4, 0.5) is 5.69 Å². The number of aryl methyl sites for hydroxylation is 1. The summed E-state index contributed by atoms with van der Waals surface area (Å²) in [6.45, 7) is 5.00. The lowest BCUT2D eigenvalue weighted by Crippen LogP contribution is -2.42. The normalized spacial score (nSPS) is 16.0. The lowest BCUT2D eigenvalue weighted by Gasteiger charge is -2.25. The highest BCUT2D eigenvalue weighted by Crippen LogP contribution is 2.19. The Morgan fingerprint density at radius 2 is 2.14 bits per heavy atom. The van der Waals surface area contributed by atoms with Crippen molar-refractivity contribution in [3.63, 3.8) is 0 Å². The van der Waals surface area contributed by atoms with Crippen molar-refractivity contribution < 1.29 is 14.3 Å². The highest BCUT2D eigenvalue weighted by molar-refractivity contribution is 9.10. The molecule has 1 aliphatic rings. The quantitative estimate of drug-likeness (QED) is 0.735. The number of carbonyl (C=O) groups is 2. The fraction of sp³-hybridized carbons (Fsp3) is 0.381. The summed E-state index contributed by atoms with van der Waals surface area (Å²) in [5.74, 6) is -0.469. The Morgan fingerprint density at radius 3 is 2.86 bits per heavy atom. The van der Waals surface area contributed by atoms with Crippen molar-refractivity contribution in [1.82, 2.24) is 9.88 Å². The average molecular weight is 446 g/mol. The second-order valence-electron chi connectivity index (χ2n) is 7.01. The van der Waals surface area contributed by atoms with Crippen LogP contribution in [0.15, 0.2) is 41.1 Å². The molecule has 148 valence electrons. The first-order chi connectivity index (χ1) is 13.4. The summed E-state index contributed by atoms with van der Waals surface area (Å²) in [5.41, 5.74) is 3.32. The molecule has 1 aliphatic heterocycles. The van der Waals surface area contributed by atoms with Crippen LogP contribution in [-0.4, -0.2) is 47.5 Å². The van der Waals surface area contributed by atoms with E-state index in [4.69, 9.17) is 4.74 Å². The fourth-order valence-electron chi connectivity index (χ4n) is 3.21. The Morgan fingerprint density at radius 1 is 1.32 bits per heavy atom. The van der Waals surface area contributed by atoms with Crippen LogP contribution in [0.3, 0.4) is 0 Å². The lowest BCUT2D eigenvalue weighted by atomic mass is 10.1. The molecule has 28 heavy (non-hydrogen) atoms. The van der Waals surface area contributed by atoms with E-state index in [-0.39, 0.29) is 24.5 Å². The second-order valence-corrected chi connectivity index (χ2v) is 7.92. The van der Waals surface area contributed by atoms with Crippen LogP contribution >= 0.6 is 15.9 Å². The van der Waals surface area contributed by atoms with Gasteiger partial charge in [-0.25, -0.2) is 0 Å². The average Bonchev–Trinajstić information content (AvgIpc) is 3.17. The van der Waals surface area contributed by atoms with Gasteiger partial charge in [-0.2, -0.15) is 0 Å². The van der Waals surface area contributed by atoms with E-state index < -0.39 is 0 Å². The van der Waals surface area contributed by atoms with Crippen molar-refractivity contribution in [3.8, 4) is 0 Å². The molecule has 1 N–H and O–H groups in total. The third-order valence-electron chi connectivity index (χ3n) is 4.90. The zero-order chi connectivity index (χ0) is 20.1.